The van der Waals surface area contributed by atoms with E-state index in [4.69, 9.17) is 9.47 Å². The van der Waals surface area contributed by atoms with Gasteiger partial charge < -0.3 is 14.8 Å². The summed E-state index contributed by atoms with van der Waals surface area (Å²) in [7, 11) is 1.64. The number of hydrogen-bond donors (Lipinski definition) is 1. The topological polar surface area (TPSA) is 81.5 Å². The number of aromatic nitrogens is 3. The minimum atomic E-state index is -0.186. The highest BCUT2D eigenvalue weighted by molar-refractivity contribution is 6.06. The molecule has 3 heterocycles. The van der Waals surface area contributed by atoms with E-state index in [-0.39, 0.29) is 5.91 Å². The normalized spacial score (nSPS) is 14.7. The molecule has 1 aliphatic heterocycles. The van der Waals surface area contributed by atoms with Crippen LogP contribution in [0.2, 0.25) is 0 Å². The van der Waals surface area contributed by atoms with Crippen LogP contribution in [-0.4, -0.2) is 72.1 Å². The number of benzene rings is 1. The molecule has 1 aliphatic rings. The molecule has 3 aromatic rings. The van der Waals surface area contributed by atoms with Crippen LogP contribution in [-0.2, 0) is 17.7 Å². The molecular formula is C22H27N5O3. The monoisotopic (exact) mass is 409 g/mol. The Bertz CT molecular complexity index is 983. The van der Waals surface area contributed by atoms with Gasteiger partial charge in [0.1, 0.15) is 11.3 Å². The number of nitrogens with zero attached hydrogens (tertiary/aromatic N) is 4. The van der Waals surface area contributed by atoms with Gasteiger partial charge in [-0.3, -0.25) is 19.4 Å². The van der Waals surface area contributed by atoms with Crippen molar-refractivity contribution in [3.8, 4) is 5.75 Å². The molecular weight excluding hydrogens is 382 g/mol. The van der Waals surface area contributed by atoms with Crippen LogP contribution in [0.15, 0.2) is 42.6 Å². The van der Waals surface area contributed by atoms with Gasteiger partial charge in [0.2, 0.25) is 0 Å². The number of ether oxygens (including phenoxy) is 2. The lowest BCUT2D eigenvalue weighted by atomic mass is 10.2. The highest BCUT2D eigenvalue weighted by Crippen LogP contribution is 2.28. The first-order chi connectivity index (χ1) is 14.8. The molecule has 1 fully saturated rings. The summed E-state index contributed by atoms with van der Waals surface area (Å²) in [5, 5.41) is 8.43. The molecule has 0 unspecified atom stereocenters. The Hall–Kier alpha value is -2.97. The Labute approximate surface area is 175 Å². The number of nitrogens with one attached hydrogen (secondary N) is 1. The van der Waals surface area contributed by atoms with Gasteiger partial charge in [-0.05, 0) is 18.2 Å². The Balaban J connectivity index is 1.51. The molecule has 0 bridgehead atoms. The molecule has 1 aromatic carbocycles. The van der Waals surface area contributed by atoms with Crippen molar-refractivity contribution in [2.75, 3.05) is 46.5 Å². The largest absolute Gasteiger partial charge is 0.494 e. The highest BCUT2D eigenvalue weighted by atomic mass is 16.5. The van der Waals surface area contributed by atoms with E-state index < -0.39 is 0 Å². The molecule has 158 valence electrons. The van der Waals surface area contributed by atoms with Crippen molar-refractivity contribution in [2.24, 2.45) is 0 Å². The van der Waals surface area contributed by atoms with Crippen LogP contribution >= 0.6 is 0 Å². The van der Waals surface area contributed by atoms with E-state index in [1.807, 2.05) is 41.1 Å². The average molecular weight is 409 g/mol. The molecule has 0 radical (unpaired) electrons. The number of carbonyl (C=O) groups is 1. The quantitative estimate of drug-likeness (QED) is 0.610. The molecule has 1 saturated heterocycles. The fourth-order valence-electron chi connectivity index (χ4n) is 3.69. The van der Waals surface area contributed by atoms with Gasteiger partial charge in [-0.2, -0.15) is 5.10 Å². The number of methoxy groups -OCH3 is 1. The van der Waals surface area contributed by atoms with Crippen molar-refractivity contribution in [3.63, 3.8) is 0 Å². The zero-order valence-electron chi connectivity index (χ0n) is 17.2. The predicted molar refractivity (Wildman–Crippen MR) is 114 cm³/mol. The summed E-state index contributed by atoms with van der Waals surface area (Å²) < 4.78 is 12.9. The van der Waals surface area contributed by atoms with E-state index in [0.717, 1.165) is 55.2 Å². The number of fused-ring (bicyclic) bond motifs is 1. The first-order valence-electron chi connectivity index (χ1n) is 10.3. The lowest BCUT2D eigenvalue weighted by Crippen LogP contribution is -2.38. The fraction of sp³-hybridized carbons (Fsp3) is 0.409. The van der Waals surface area contributed by atoms with E-state index in [1.54, 1.807) is 13.3 Å². The summed E-state index contributed by atoms with van der Waals surface area (Å²) in [6, 6.07) is 11.5. The Morgan fingerprint density at radius 3 is 2.80 bits per heavy atom. The van der Waals surface area contributed by atoms with Crippen LogP contribution in [0.1, 0.15) is 16.2 Å². The summed E-state index contributed by atoms with van der Waals surface area (Å²) in [6.45, 7) is 5.37. The minimum Gasteiger partial charge on any atom is -0.494 e. The SMILES string of the molecule is COc1cccc2c(C(=O)NCCc3ccccn3)nn(CCN3CCOCC3)c12. The molecule has 1 N–H and O–H groups in total. The molecule has 0 atom stereocenters. The Morgan fingerprint density at radius 2 is 2.03 bits per heavy atom. The van der Waals surface area contributed by atoms with Crippen LogP contribution in [0.3, 0.4) is 0 Å². The standard InChI is InChI=1S/C22H27N5O3/c1-29-19-7-4-6-18-20(22(28)24-10-8-17-5-2-3-9-23-17)25-27(21(18)19)12-11-26-13-15-30-16-14-26/h2-7,9H,8,10-16H2,1H3,(H,24,28). The first-order valence-corrected chi connectivity index (χ1v) is 10.3. The number of hydrogen-bond acceptors (Lipinski definition) is 6. The molecule has 2 aromatic heterocycles. The van der Waals surface area contributed by atoms with Gasteiger partial charge >= 0.3 is 0 Å². The number of morpholine rings is 1. The molecule has 0 aliphatic carbocycles. The van der Waals surface area contributed by atoms with Gasteiger partial charge in [0.25, 0.3) is 5.91 Å². The third-order valence-electron chi connectivity index (χ3n) is 5.29. The van der Waals surface area contributed by atoms with Crippen LogP contribution in [0.4, 0.5) is 0 Å². The molecule has 8 heteroatoms. The van der Waals surface area contributed by atoms with Crippen LogP contribution in [0.25, 0.3) is 10.9 Å². The third-order valence-corrected chi connectivity index (χ3v) is 5.29. The lowest BCUT2D eigenvalue weighted by molar-refractivity contribution is 0.0361. The second-order valence-electron chi connectivity index (χ2n) is 7.21. The van der Waals surface area contributed by atoms with Crippen molar-refractivity contribution in [1.82, 2.24) is 25.0 Å². The second-order valence-corrected chi connectivity index (χ2v) is 7.21. The summed E-state index contributed by atoms with van der Waals surface area (Å²) >= 11 is 0. The average Bonchev–Trinajstić information content (AvgIpc) is 3.18. The van der Waals surface area contributed by atoms with E-state index in [1.165, 1.54) is 0 Å². The number of amides is 1. The van der Waals surface area contributed by atoms with Crippen molar-refractivity contribution in [3.05, 3.63) is 54.0 Å². The number of pyridine rings is 1. The Morgan fingerprint density at radius 1 is 1.17 bits per heavy atom. The van der Waals surface area contributed by atoms with E-state index >= 15 is 0 Å². The molecule has 1 amide bonds. The lowest BCUT2D eigenvalue weighted by Gasteiger charge is -2.26. The van der Waals surface area contributed by atoms with E-state index in [9.17, 15) is 4.79 Å². The van der Waals surface area contributed by atoms with Gasteiger partial charge in [-0.1, -0.05) is 18.2 Å². The second kappa shape index (κ2) is 9.69. The maximum Gasteiger partial charge on any atom is 0.272 e. The van der Waals surface area contributed by atoms with Gasteiger partial charge in [0.05, 0.1) is 26.9 Å². The molecule has 4 rings (SSSR count). The summed E-state index contributed by atoms with van der Waals surface area (Å²) in [5.41, 5.74) is 2.22. The van der Waals surface area contributed by atoms with Crippen LogP contribution < -0.4 is 10.1 Å². The van der Waals surface area contributed by atoms with Crippen LogP contribution in [0, 0.1) is 0 Å². The summed E-state index contributed by atoms with van der Waals surface area (Å²) in [6.07, 6.45) is 2.43. The molecule has 30 heavy (non-hydrogen) atoms. The first kappa shape index (κ1) is 20.3. The van der Waals surface area contributed by atoms with Gasteiger partial charge in [0.15, 0.2) is 5.69 Å². The number of rotatable bonds is 8. The van der Waals surface area contributed by atoms with Crippen LogP contribution in [0.5, 0.6) is 5.75 Å². The number of para-hydroxylation sites is 1. The van der Waals surface area contributed by atoms with Gasteiger partial charge in [-0.25, -0.2) is 0 Å². The van der Waals surface area contributed by atoms with E-state index in [2.05, 4.69) is 20.3 Å². The summed E-state index contributed by atoms with van der Waals surface area (Å²) in [5.74, 6) is 0.531. The molecule has 0 spiro atoms. The maximum atomic E-state index is 12.9. The maximum absolute atomic E-state index is 12.9. The Kier molecular flexibility index (Phi) is 6.56. The third kappa shape index (κ3) is 4.60. The van der Waals surface area contributed by atoms with Gasteiger partial charge in [0, 0.05) is 49.9 Å². The highest BCUT2D eigenvalue weighted by Gasteiger charge is 2.20. The zero-order valence-corrected chi connectivity index (χ0v) is 17.2. The van der Waals surface area contributed by atoms with Gasteiger partial charge in [-0.15, -0.1) is 0 Å². The van der Waals surface area contributed by atoms with Crippen molar-refractivity contribution < 1.29 is 14.3 Å². The van der Waals surface area contributed by atoms with Crippen molar-refractivity contribution >= 4 is 16.8 Å². The smallest absolute Gasteiger partial charge is 0.272 e. The molecule has 0 saturated carbocycles. The molecule has 8 nitrogen and oxygen atoms in total. The van der Waals surface area contributed by atoms with Crippen molar-refractivity contribution in [2.45, 2.75) is 13.0 Å². The number of carbonyl (C=O) groups excluding carboxylic acids is 1. The minimum absolute atomic E-state index is 0.186. The van der Waals surface area contributed by atoms with E-state index in [0.29, 0.717) is 25.2 Å². The zero-order chi connectivity index (χ0) is 20.8. The van der Waals surface area contributed by atoms with Crippen molar-refractivity contribution in [1.29, 1.82) is 0 Å². The fourth-order valence-corrected chi connectivity index (χ4v) is 3.69. The summed E-state index contributed by atoms with van der Waals surface area (Å²) in [4.78, 5) is 19.5. The predicted octanol–water partition coefficient (Wildman–Crippen LogP) is 1.74.